The number of likely N-dealkylation sites (N-methyl/N-ethyl adjacent to an activating group) is 1. The topological polar surface area (TPSA) is 114 Å². The fourth-order valence-electron chi connectivity index (χ4n) is 5.24. The number of carbonyl (C=O) groups is 3. The number of likely N-dealkylation sites (tertiary alicyclic amines) is 1. The molecule has 216 valence electrons. The van der Waals surface area contributed by atoms with Crippen molar-refractivity contribution < 1.29 is 28.3 Å². The molecular weight excluding hydrogens is 524 g/mol. The molecule has 0 saturated carbocycles. The molecule has 2 atom stereocenters. The van der Waals surface area contributed by atoms with Gasteiger partial charge in [-0.1, -0.05) is 31.2 Å². The summed E-state index contributed by atoms with van der Waals surface area (Å²) in [6.45, 7) is 6.80. The van der Waals surface area contributed by atoms with E-state index in [9.17, 15) is 14.4 Å². The Bertz CT molecular complexity index is 1420. The van der Waals surface area contributed by atoms with E-state index in [4.69, 9.17) is 13.9 Å². The Morgan fingerprint density at radius 3 is 2.51 bits per heavy atom. The van der Waals surface area contributed by atoms with Gasteiger partial charge in [-0.05, 0) is 55.7 Å². The summed E-state index contributed by atoms with van der Waals surface area (Å²) < 4.78 is 18.1. The van der Waals surface area contributed by atoms with Crippen molar-refractivity contribution in [2.75, 3.05) is 26.2 Å². The largest absolute Gasteiger partial charge is 0.457 e. The third-order valence-electron chi connectivity index (χ3n) is 7.44. The van der Waals surface area contributed by atoms with E-state index in [1.165, 1.54) is 4.90 Å². The molecule has 1 saturated heterocycles. The van der Waals surface area contributed by atoms with Crippen LogP contribution in [0.4, 0.5) is 0 Å². The van der Waals surface area contributed by atoms with Crippen molar-refractivity contribution in [2.45, 2.75) is 58.8 Å². The van der Waals surface area contributed by atoms with Crippen LogP contribution >= 0.6 is 0 Å². The second kappa shape index (κ2) is 12.6. The van der Waals surface area contributed by atoms with E-state index in [1.54, 1.807) is 11.8 Å². The van der Waals surface area contributed by atoms with Gasteiger partial charge in [0.15, 0.2) is 5.89 Å². The van der Waals surface area contributed by atoms with Crippen molar-refractivity contribution in [1.82, 2.24) is 20.1 Å². The van der Waals surface area contributed by atoms with E-state index in [0.717, 1.165) is 11.1 Å². The van der Waals surface area contributed by atoms with Gasteiger partial charge in [-0.3, -0.25) is 14.4 Å². The molecule has 10 nitrogen and oxygen atoms in total. The molecule has 0 spiro atoms. The van der Waals surface area contributed by atoms with E-state index in [1.807, 2.05) is 62.4 Å². The van der Waals surface area contributed by atoms with Crippen LogP contribution in [0.5, 0.6) is 11.5 Å². The standard InChI is InChI=1S/C31H36N4O6/c1-4-28-32-20(3)30(41-28)31(38)35-13-12-26-25(17-35)33-27(36)18-34(5-2)29(37)16-21-8-6-10-23(14-21)40-24-11-7-9-22(15-24)19-39-26/h6-11,14-15,25-26H,4-5,12-13,16-19H2,1-3H3,(H,33,36)/t25-,26-/m0/s1. The Morgan fingerprint density at radius 2 is 1.80 bits per heavy atom. The monoisotopic (exact) mass is 560 g/mol. The molecule has 3 amide bonds. The Hall–Kier alpha value is -4.18. The minimum Gasteiger partial charge on any atom is -0.457 e. The molecular formula is C31H36N4O6. The lowest BCUT2D eigenvalue weighted by Crippen LogP contribution is -2.58. The number of aromatic nitrogens is 1. The second-order valence-corrected chi connectivity index (χ2v) is 10.4. The van der Waals surface area contributed by atoms with Gasteiger partial charge >= 0.3 is 0 Å². The molecule has 1 N–H and O–H groups in total. The van der Waals surface area contributed by atoms with Gasteiger partial charge in [0.1, 0.15) is 11.5 Å². The first-order chi connectivity index (χ1) is 19.8. The minimum absolute atomic E-state index is 0.0927. The maximum absolute atomic E-state index is 13.4. The Balaban J connectivity index is 1.40. The normalized spacial score (nSPS) is 20.1. The fourth-order valence-corrected chi connectivity index (χ4v) is 5.24. The number of amides is 3. The summed E-state index contributed by atoms with van der Waals surface area (Å²) in [7, 11) is 0. The number of oxazole rings is 1. The molecule has 10 heteroatoms. The van der Waals surface area contributed by atoms with Gasteiger partial charge in [0.05, 0.1) is 37.4 Å². The van der Waals surface area contributed by atoms with Gasteiger partial charge in [-0.15, -0.1) is 0 Å². The minimum atomic E-state index is -0.479. The van der Waals surface area contributed by atoms with E-state index < -0.39 is 6.04 Å². The first-order valence-electron chi connectivity index (χ1n) is 14.1. The second-order valence-electron chi connectivity index (χ2n) is 10.4. The molecule has 4 bridgehead atoms. The van der Waals surface area contributed by atoms with Gasteiger partial charge in [0.2, 0.25) is 17.6 Å². The number of hydrogen-bond acceptors (Lipinski definition) is 7. The summed E-state index contributed by atoms with van der Waals surface area (Å²) in [5, 5.41) is 3.06. The van der Waals surface area contributed by atoms with E-state index in [2.05, 4.69) is 10.3 Å². The van der Waals surface area contributed by atoms with Crippen molar-refractivity contribution >= 4 is 17.7 Å². The summed E-state index contributed by atoms with van der Waals surface area (Å²) in [5.41, 5.74) is 2.27. The third-order valence-corrected chi connectivity index (χ3v) is 7.44. The molecule has 41 heavy (non-hydrogen) atoms. The van der Waals surface area contributed by atoms with Crippen LogP contribution < -0.4 is 10.1 Å². The molecule has 0 aliphatic carbocycles. The smallest absolute Gasteiger partial charge is 0.291 e. The van der Waals surface area contributed by atoms with Crippen LogP contribution in [0.1, 0.15) is 53.5 Å². The van der Waals surface area contributed by atoms with Crippen molar-refractivity contribution in [1.29, 1.82) is 0 Å². The highest BCUT2D eigenvalue weighted by Crippen LogP contribution is 2.26. The number of nitrogens with zero attached hydrogens (tertiary/aromatic N) is 3. The number of nitrogens with one attached hydrogen (secondary N) is 1. The Kier molecular flexibility index (Phi) is 8.68. The Morgan fingerprint density at radius 1 is 1.07 bits per heavy atom. The third kappa shape index (κ3) is 6.77. The number of fused-ring (bicyclic) bond motifs is 5. The number of rotatable bonds is 3. The summed E-state index contributed by atoms with van der Waals surface area (Å²) in [6, 6.07) is 14.6. The maximum Gasteiger partial charge on any atom is 0.291 e. The lowest BCUT2D eigenvalue weighted by molar-refractivity contribution is -0.136. The highest BCUT2D eigenvalue weighted by molar-refractivity contribution is 5.92. The van der Waals surface area contributed by atoms with Gasteiger partial charge in [-0.25, -0.2) is 4.98 Å². The summed E-state index contributed by atoms with van der Waals surface area (Å²) in [4.78, 5) is 47.3. The molecule has 1 aromatic heterocycles. The summed E-state index contributed by atoms with van der Waals surface area (Å²) in [5.74, 6) is 1.30. The lowest BCUT2D eigenvalue weighted by atomic mass is 10.0. The van der Waals surface area contributed by atoms with E-state index in [0.29, 0.717) is 55.6 Å². The predicted octanol–water partition coefficient (Wildman–Crippen LogP) is 3.66. The Labute approximate surface area is 239 Å². The number of hydrogen-bond donors (Lipinski definition) is 1. The molecule has 2 aliphatic rings. The first-order valence-corrected chi connectivity index (χ1v) is 14.1. The van der Waals surface area contributed by atoms with Gasteiger partial charge in [-0.2, -0.15) is 0 Å². The highest BCUT2D eigenvalue weighted by atomic mass is 16.5. The van der Waals surface area contributed by atoms with E-state index >= 15 is 0 Å². The van der Waals surface area contributed by atoms with Crippen molar-refractivity contribution in [3.05, 3.63) is 77.0 Å². The fraction of sp³-hybridized carbons (Fsp3) is 0.419. The van der Waals surface area contributed by atoms with Crippen molar-refractivity contribution in [3.63, 3.8) is 0 Å². The van der Waals surface area contributed by atoms with Crippen LogP contribution in [-0.2, 0) is 33.8 Å². The zero-order valence-corrected chi connectivity index (χ0v) is 23.7. The molecule has 1 fully saturated rings. The zero-order valence-electron chi connectivity index (χ0n) is 23.7. The van der Waals surface area contributed by atoms with Crippen molar-refractivity contribution in [2.24, 2.45) is 0 Å². The number of aryl methyl sites for hydroxylation is 2. The van der Waals surface area contributed by atoms with Gasteiger partial charge in [0, 0.05) is 26.1 Å². The molecule has 0 radical (unpaired) electrons. The van der Waals surface area contributed by atoms with Crippen molar-refractivity contribution in [3.8, 4) is 11.5 Å². The predicted molar refractivity (Wildman–Crippen MR) is 151 cm³/mol. The average molecular weight is 561 g/mol. The van der Waals surface area contributed by atoms with Gasteiger partial charge < -0.3 is 29.0 Å². The molecule has 2 aliphatic heterocycles. The number of ether oxygens (including phenoxy) is 2. The van der Waals surface area contributed by atoms with Crippen LogP contribution in [-0.4, -0.2) is 70.8 Å². The average Bonchev–Trinajstić information content (AvgIpc) is 3.35. The highest BCUT2D eigenvalue weighted by Gasteiger charge is 2.35. The van der Waals surface area contributed by atoms with Crippen LogP contribution in [0.3, 0.4) is 0 Å². The van der Waals surface area contributed by atoms with Crippen LogP contribution in [0.2, 0.25) is 0 Å². The SMILES string of the molecule is CCc1nc(C)c(C(=O)N2CC[C@@H]3OCc4cccc(c4)Oc4cccc(c4)CC(=O)N(CC)CC(=O)N[C@H]3C2)o1. The number of piperidine rings is 1. The van der Waals surface area contributed by atoms with Crippen LogP contribution in [0.25, 0.3) is 0 Å². The van der Waals surface area contributed by atoms with Gasteiger partial charge in [0.25, 0.3) is 5.91 Å². The van der Waals surface area contributed by atoms with Crippen LogP contribution in [0.15, 0.2) is 52.9 Å². The maximum atomic E-state index is 13.4. The molecule has 0 unspecified atom stereocenters. The first kappa shape index (κ1) is 28.4. The summed E-state index contributed by atoms with van der Waals surface area (Å²) in [6.07, 6.45) is 0.910. The van der Waals surface area contributed by atoms with E-state index in [-0.39, 0.29) is 49.1 Å². The number of benzene rings is 2. The molecule has 3 aromatic rings. The summed E-state index contributed by atoms with van der Waals surface area (Å²) >= 11 is 0. The molecule has 3 heterocycles. The quantitative estimate of drug-likeness (QED) is 0.520. The lowest BCUT2D eigenvalue weighted by Gasteiger charge is -2.38. The molecule has 2 aromatic carbocycles. The number of carbonyl (C=O) groups excluding carboxylic acids is 3. The van der Waals surface area contributed by atoms with Crippen LogP contribution in [0, 0.1) is 6.92 Å². The molecule has 5 rings (SSSR count). The zero-order chi connectivity index (χ0) is 28.9.